The Bertz CT molecular complexity index is 1190. The largest absolute Gasteiger partial charge is 0.457 e. The molecule has 1 aliphatic heterocycles. The van der Waals surface area contributed by atoms with Crippen molar-refractivity contribution in [1.82, 2.24) is 14.6 Å². The Morgan fingerprint density at radius 3 is 2.36 bits per heavy atom. The number of β-lactam (4-membered cyclic amide) rings is 1. The van der Waals surface area contributed by atoms with Gasteiger partial charge in [0, 0.05) is 5.38 Å². The fourth-order valence-electron chi connectivity index (χ4n) is 2.70. The van der Waals surface area contributed by atoms with E-state index in [1.165, 1.54) is 19.2 Å². The molecule has 1 fully saturated rings. The van der Waals surface area contributed by atoms with Gasteiger partial charge >= 0.3 is 22.4 Å². The SMILES string of the molecule is CC(C)(C)OC(=O)C(C)(C)ON=C(C(=O)N[C@@H]1C(=O)N(S(=O)(=O)O)[C@@H]1COC(N)=O)c1csc(N)n1. The second-order valence-electron chi connectivity index (χ2n) is 8.87. The minimum atomic E-state index is -5.04. The van der Waals surface area contributed by atoms with E-state index in [1.54, 1.807) is 20.8 Å². The summed E-state index contributed by atoms with van der Waals surface area (Å²) in [5.41, 5.74) is 7.39. The molecule has 0 spiro atoms. The summed E-state index contributed by atoms with van der Waals surface area (Å²) in [5.74, 6) is -3.10. The smallest absolute Gasteiger partial charge is 0.404 e. The third-order valence-electron chi connectivity index (χ3n) is 4.34. The first-order valence-corrected chi connectivity index (χ1v) is 12.4. The molecule has 0 aliphatic carbocycles. The normalized spacial score (nSPS) is 18.8. The third kappa shape index (κ3) is 7.01. The Morgan fingerprint density at radius 2 is 1.89 bits per heavy atom. The van der Waals surface area contributed by atoms with Crippen LogP contribution in [0.4, 0.5) is 9.93 Å². The Balaban J connectivity index is 2.32. The molecular weight excluding hydrogens is 524 g/mol. The minimum absolute atomic E-state index is 0.0145. The number of nitrogens with one attached hydrogen (secondary N) is 1. The van der Waals surface area contributed by atoms with E-state index in [0.29, 0.717) is 0 Å². The summed E-state index contributed by atoms with van der Waals surface area (Å²) in [7, 11) is -5.04. The molecule has 0 saturated carbocycles. The van der Waals surface area contributed by atoms with Crippen molar-refractivity contribution < 1.29 is 46.5 Å². The first-order chi connectivity index (χ1) is 16.3. The number of nitrogens with two attached hydrogens (primary N) is 2. The predicted molar refractivity (Wildman–Crippen MR) is 124 cm³/mol. The molecule has 2 atom stereocenters. The van der Waals surface area contributed by atoms with Crippen LogP contribution in [-0.2, 0) is 39.0 Å². The standard InChI is InChI=1S/C18H26N6O10S2/c1-17(2,3)33-14(27)18(4,5)34-23-10(8-7-35-15(19)21-8)12(25)22-11-9(6-32-16(20)28)24(13(11)26)36(29,30)31/h7,9,11H,6H2,1-5H3,(H2,19,21)(H2,20,28)(H,22,25)(H,29,30,31)/t9-,11+/m1/s1. The summed E-state index contributed by atoms with van der Waals surface area (Å²) in [6.45, 7) is 6.85. The van der Waals surface area contributed by atoms with Crippen LogP contribution >= 0.6 is 11.3 Å². The molecule has 0 bridgehead atoms. The molecule has 0 unspecified atom stereocenters. The highest BCUT2D eigenvalue weighted by Crippen LogP contribution is 2.25. The number of carbonyl (C=O) groups is 4. The fraction of sp³-hybridized carbons (Fsp3) is 0.556. The molecular formula is C18H26N6O10S2. The van der Waals surface area contributed by atoms with Gasteiger partial charge in [0.2, 0.25) is 5.60 Å². The van der Waals surface area contributed by atoms with Crippen LogP contribution in [0.15, 0.2) is 10.5 Å². The van der Waals surface area contributed by atoms with Crippen LogP contribution in [0, 0.1) is 0 Å². The average molecular weight is 551 g/mol. The van der Waals surface area contributed by atoms with Gasteiger partial charge in [-0.25, -0.2) is 18.9 Å². The van der Waals surface area contributed by atoms with Gasteiger partial charge in [0.25, 0.3) is 11.8 Å². The van der Waals surface area contributed by atoms with Crippen molar-refractivity contribution in [2.45, 2.75) is 57.9 Å². The Hall–Kier alpha value is -3.51. The number of nitrogen functional groups attached to an aromatic ring is 1. The molecule has 6 N–H and O–H groups in total. The first-order valence-electron chi connectivity index (χ1n) is 10.1. The zero-order valence-corrected chi connectivity index (χ0v) is 21.5. The van der Waals surface area contributed by atoms with E-state index in [4.69, 9.17) is 21.0 Å². The number of aromatic nitrogens is 1. The molecule has 1 saturated heterocycles. The van der Waals surface area contributed by atoms with Crippen LogP contribution in [0.5, 0.6) is 0 Å². The Kier molecular flexibility index (Phi) is 8.16. The lowest BCUT2D eigenvalue weighted by Gasteiger charge is -2.43. The zero-order chi connectivity index (χ0) is 27.6. The van der Waals surface area contributed by atoms with Gasteiger partial charge in [-0.15, -0.1) is 11.3 Å². The van der Waals surface area contributed by atoms with E-state index in [1.807, 2.05) is 0 Å². The number of thiazole rings is 1. The van der Waals surface area contributed by atoms with Crippen molar-refractivity contribution in [3.05, 3.63) is 11.1 Å². The molecule has 1 aromatic rings. The van der Waals surface area contributed by atoms with Gasteiger partial charge in [0.05, 0.1) is 0 Å². The van der Waals surface area contributed by atoms with Crippen LogP contribution in [0.25, 0.3) is 0 Å². The maximum atomic E-state index is 13.0. The summed E-state index contributed by atoms with van der Waals surface area (Å²) >= 11 is 0.952. The summed E-state index contributed by atoms with van der Waals surface area (Å²) in [5, 5.41) is 7.34. The van der Waals surface area contributed by atoms with Crippen LogP contribution in [0.3, 0.4) is 0 Å². The topological polar surface area (TPSA) is 243 Å². The van der Waals surface area contributed by atoms with Crippen molar-refractivity contribution >= 4 is 56.4 Å². The number of amides is 3. The van der Waals surface area contributed by atoms with Crippen LogP contribution in [-0.4, -0.2) is 81.7 Å². The van der Waals surface area contributed by atoms with Gasteiger partial charge in [-0.2, -0.15) is 8.42 Å². The number of hydrogen-bond acceptors (Lipinski definition) is 13. The third-order valence-corrected chi connectivity index (χ3v) is 5.96. The van der Waals surface area contributed by atoms with Gasteiger partial charge < -0.3 is 31.1 Å². The Labute approximate surface area is 209 Å². The molecule has 2 heterocycles. The zero-order valence-electron chi connectivity index (χ0n) is 19.9. The number of primary amides is 1. The number of nitrogens with zero attached hydrogens (tertiary/aromatic N) is 3. The second-order valence-corrected chi connectivity index (χ2v) is 11.1. The lowest BCUT2D eigenvalue weighted by Crippen LogP contribution is -2.73. The highest BCUT2D eigenvalue weighted by Gasteiger charge is 2.55. The average Bonchev–Trinajstić information content (AvgIpc) is 3.12. The summed E-state index contributed by atoms with van der Waals surface area (Å²) in [6.07, 6.45) is -1.28. The number of rotatable bonds is 9. The van der Waals surface area contributed by atoms with E-state index >= 15 is 0 Å². The van der Waals surface area contributed by atoms with Crippen LogP contribution in [0.1, 0.15) is 40.3 Å². The summed E-state index contributed by atoms with van der Waals surface area (Å²) in [4.78, 5) is 58.0. The molecule has 3 amide bonds. The number of oxime groups is 1. The number of carbonyl (C=O) groups excluding carboxylic acids is 4. The summed E-state index contributed by atoms with van der Waals surface area (Å²) in [6, 6.07) is -3.08. The maximum absolute atomic E-state index is 13.0. The molecule has 16 nitrogen and oxygen atoms in total. The Morgan fingerprint density at radius 1 is 1.28 bits per heavy atom. The molecule has 0 aromatic carbocycles. The van der Waals surface area contributed by atoms with Crippen LogP contribution < -0.4 is 16.8 Å². The van der Waals surface area contributed by atoms with Crippen LogP contribution in [0.2, 0.25) is 0 Å². The molecule has 2 rings (SSSR count). The number of ether oxygens (including phenoxy) is 2. The predicted octanol–water partition coefficient (Wildman–Crippen LogP) is -0.840. The quantitative estimate of drug-likeness (QED) is 0.0966. The highest BCUT2D eigenvalue weighted by molar-refractivity contribution is 7.84. The van der Waals surface area contributed by atoms with Crippen molar-refractivity contribution in [1.29, 1.82) is 0 Å². The van der Waals surface area contributed by atoms with E-state index in [9.17, 15) is 32.1 Å². The maximum Gasteiger partial charge on any atom is 0.404 e. The number of hydrogen-bond donors (Lipinski definition) is 4. The molecule has 1 aliphatic rings. The molecule has 1 aromatic heterocycles. The molecule has 36 heavy (non-hydrogen) atoms. The number of anilines is 1. The van der Waals surface area contributed by atoms with Gasteiger partial charge in [-0.3, -0.25) is 14.1 Å². The van der Waals surface area contributed by atoms with Crippen molar-refractivity contribution in [2.24, 2.45) is 10.9 Å². The van der Waals surface area contributed by atoms with Gasteiger partial charge in [0.1, 0.15) is 30.0 Å². The van der Waals surface area contributed by atoms with Gasteiger partial charge in [-0.1, -0.05) is 5.16 Å². The van der Waals surface area contributed by atoms with E-state index in [0.717, 1.165) is 11.3 Å². The van der Waals surface area contributed by atoms with Crippen molar-refractivity contribution in [3.63, 3.8) is 0 Å². The van der Waals surface area contributed by atoms with Gasteiger partial charge in [0.15, 0.2) is 10.8 Å². The lowest BCUT2D eigenvalue weighted by atomic mass is 9.99. The first kappa shape index (κ1) is 28.7. The van der Waals surface area contributed by atoms with E-state index < -0.39 is 69.8 Å². The van der Waals surface area contributed by atoms with E-state index in [2.05, 4.69) is 20.2 Å². The molecule has 18 heteroatoms. The number of esters is 1. The second kappa shape index (κ2) is 10.2. The van der Waals surface area contributed by atoms with Gasteiger partial charge in [-0.05, 0) is 34.6 Å². The monoisotopic (exact) mass is 550 g/mol. The minimum Gasteiger partial charge on any atom is -0.457 e. The highest BCUT2D eigenvalue weighted by atomic mass is 32.2. The van der Waals surface area contributed by atoms with Crippen molar-refractivity contribution in [2.75, 3.05) is 12.3 Å². The van der Waals surface area contributed by atoms with Crippen molar-refractivity contribution in [3.8, 4) is 0 Å². The molecule has 0 radical (unpaired) electrons. The van der Waals surface area contributed by atoms with E-state index in [-0.39, 0.29) is 15.1 Å². The summed E-state index contributed by atoms with van der Waals surface area (Å²) < 4.78 is 42.1. The lowest BCUT2D eigenvalue weighted by molar-refractivity contribution is -0.179. The molecule has 200 valence electrons. The fourth-order valence-corrected chi connectivity index (χ4v) is 4.11.